The molecule has 1 rings (SSSR count). The van der Waals surface area contributed by atoms with Crippen molar-refractivity contribution in [1.82, 2.24) is 10.0 Å². The molecule has 0 aliphatic carbocycles. The largest absolute Gasteiger partial charge is 0.481 e. The van der Waals surface area contributed by atoms with E-state index < -0.39 is 33.3 Å². The molecule has 1 amide bonds. The van der Waals surface area contributed by atoms with Gasteiger partial charge in [0.25, 0.3) is 0 Å². The van der Waals surface area contributed by atoms with Gasteiger partial charge < -0.3 is 15.2 Å². The minimum absolute atomic E-state index is 0.00759. The lowest BCUT2D eigenvalue weighted by Crippen LogP contribution is -2.51. The van der Waals surface area contributed by atoms with Gasteiger partial charge in [-0.3, -0.25) is 9.59 Å². The lowest BCUT2D eigenvalue weighted by Gasteiger charge is -2.28. The molecule has 0 aromatic heterocycles. The number of aliphatic carboxylic acids is 1. The second-order valence-electron chi connectivity index (χ2n) is 5.71. The molecule has 3 N–H and O–H groups in total. The first kappa shape index (κ1) is 21.0. The second-order valence-corrected chi connectivity index (χ2v) is 7.48. The fourth-order valence-electron chi connectivity index (χ4n) is 2.18. The molecule has 0 aliphatic rings. The summed E-state index contributed by atoms with van der Waals surface area (Å²) in [5.41, 5.74) is -1.10. The summed E-state index contributed by atoms with van der Waals surface area (Å²) in [6.45, 7) is 1.32. The number of amides is 1. The number of benzene rings is 1. The van der Waals surface area contributed by atoms with Crippen molar-refractivity contribution in [2.75, 3.05) is 20.3 Å². The SMILES string of the molecule is COCC(C)(CC(=O)O)NC(=O)CCNS(=O)(=O)c1ccc(F)cc1. The zero-order valence-electron chi connectivity index (χ0n) is 13.9. The van der Waals surface area contributed by atoms with Crippen LogP contribution in [0.2, 0.25) is 0 Å². The summed E-state index contributed by atoms with van der Waals surface area (Å²) < 4.78 is 44.0. The number of hydrogen-bond acceptors (Lipinski definition) is 5. The molecule has 10 heteroatoms. The fraction of sp³-hybridized carbons (Fsp3) is 0.467. The van der Waals surface area contributed by atoms with Crippen molar-refractivity contribution in [2.45, 2.75) is 30.2 Å². The third-order valence-electron chi connectivity index (χ3n) is 3.21. The van der Waals surface area contributed by atoms with Gasteiger partial charge in [0.05, 0.1) is 23.5 Å². The number of rotatable bonds is 10. The van der Waals surface area contributed by atoms with E-state index in [1.165, 1.54) is 14.0 Å². The smallest absolute Gasteiger partial charge is 0.305 e. The minimum atomic E-state index is -3.86. The number of carbonyl (C=O) groups excluding carboxylic acids is 1. The average Bonchev–Trinajstić information content (AvgIpc) is 2.46. The molecule has 0 saturated heterocycles. The van der Waals surface area contributed by atoms with E-state index in [4.69, 9.17) is 9.84 Å². The molecule has 8 nitrogen and oxygen atoms in total. The number of carboxylic acids is 1. The third-order valence-corrected chi connectivity index (χ3v) is 4.69. The number of halogens is 1. The Morgan fingerprint density at radius 1 is 1.28 bits per heavy atom. The van der Waals surface area contributed by atoms with Crippen molar-refractivity contribution < 1.29 is 32.2 Å². The normalized spacial score (nSPS) is 13.9. The second kappa shape index (κ2) is 8.88. The van der Waals surface area contributed by atoms with Crippen LogP contribution in [-0.2, 0) is 24.3 Å². The topological polar surface area (TPSA) is 122 Å². The van der Waals surface area contributed by atoms with E-state index in [2.05, 4.69) is 10.0 Å². The highest BCUT2D eigenvalue weighted by atomic mass is 32.2. The maximum absolute atomic E-state index is 12.8. The van der Waals surface area contributed by atoms with Crippen molar-refractivity contribution in [3.63, 3.8) is 0 Å². The number of nitrogens with one attached hydrogen (secondary N) is 2. The molecule has 25 heavy (non-hydrogen) atoms. The van der Waals surface area contributed by atoms with Crippen LogP contribution in [0, 0.1) is 5.82 Å². The summed E-state index contributed by atoms with van der Waals surface area (Å²) >= 11 is 0. The monoisotopic (exact) mass is 376 g/mol. The number of carboxylic acid groups (broad SMARTS) is 1. The van der Waals surface area contributed by atoms with Crippen LogP contribution in [-0.4, -0.2) is 51.2 Å². The van der Waals surface area contributed by atoms with Crippen LogP contribution >= 0.6 is 0 Å². The molecule has 0 saturated carbocycles. The van der Waals surface area contributed by atoms with Crippen molar-refractivity contribution in [2.24, 2.45) is 0 Å². The van der Waals surface area contributed by atoms with Crippen LogP contribution in [0.25, 0.3) is 0 Å². The molecule has 0 fully saturated rings. The first-order valence-corrected chi connectivity index (χ1v) is 8.83. The molecular formula is C15H21FN2O6S. The van der Waals surface area contributed by atoms with Gasteiger partial charge in [0, 0.05) is 20.1 Å². The predicted octanol–water partition coefficient (Wildman–Crippen LogP) is 0.490. The molecule has 0 radical (unpaired) electrons. The van der Waals surface area contributed by atoms with Gasteiger partial charge in [-0.1, -0.05) is 0 Å². The molecule has 1 unspecified atom stereocenters. The van der Waals surface area contributed by atoms with Crippen molar-refractivity contribution >= 4 is 21.9 Å². The maximum atomic E-state index is 12.8. The average molecular weight is 376 g/mol. The fourth-order valence-corrected chi connectivity index (χ4v) is 3.21. The van der Waals surface area contributed by atoms with Crippen LogP contribution in [0.4, 0.5) is 4.39 Å². The quantitative estimate of drug-likeness (QED) is 0.546. The summed E-state index contributed by atoms with van der Waals surface area (Å²) in [5.74, 6) is -2.19. The van der Waals surface area contributed by atoms with E-state index in [0.717, 1.165) is 24.3 Å². The molecular weight excluding hydrogens is 355 g/mol. The van der Waals surface area contributed by atoms with Gasteiger partial charge >= 0.3 is 5.97 Å². The number of ether oxygens (including phenoxy) is 1. The highest BCUT2D eigenvalue weighted by Crippen LogP contribution is 2.11. The first-order valence-electron chi connectivity index (χ1n) is 7.35. The van der Waals surface area contributed by atoms with Crippen LogP contribution in [0.1, 0.15) is 19.8 Å². The van der Waals surface area contributed by atoms with E-state index in [-0.39, 0.29) is 30.9 Å². The molecule has 1 aromatic carbocycles. The highest BCUT2D eigenvalue weighted by molar-refractivity contribution is 7.89. The number of methoxy groups -OCH3 is 1. The molecule has 1 aromatic rings. The van der Waals surface area contributed by atoms with Crippen LogP contribution in [0.15, 0.2) is 29.2 Å². The standard InChI is InChI=1S/C15H21FN2O6S/c1-15(10-24-2,9-14(20)21)18-13(19)7-8-17-25(22,23)12-5-3-11(16)4-6-12/h3-6,17H,7-10H2,1-2H3,(H,18,19)(H,20,21). The third kappa shape index (κ3) is 7.16. The molecule has 0 bridgehead atoms. The Labute approximate surface area is 145 Å². The summed E-state index contributed by atoms with van der Waals surface area (Å²) in [6.07, 6.45) is -0.534. The molecule has 1 atom stereocenters. The molecule has 0 aliphatic heterocycles. The van der Waals surface area contributed by atoms with Crippen molar-refractivity contribution in [3.8, 4) is 0 Å². The number of hydrogen-bond donors (Lipinski definition) is 3. The predicted molar refractivity (Wildman–Crippen MR) is 86.9 cm³/mol. The molecule has 140 valence electrons. The molecule has 0 heterocycles. The Kier molecular flexibility index (Phi) is 7.46. The summed E-state index contributed by atoms with van der Waals surface area (Å²) in [5, 5.41) is 11.4. The Morgan fingerprint density at radius 3 is 2.40 bits per heavy atom. The summed E-state index contributed by atoms with van der Waals surface area (Å²) in [6, 6.07) is 4.26. The lowest BCUT2D eigenvalue weighted by atomic mass is 9.99. The molecule has 0 spiro atoms. The Hall–Kier alpha value is -2.04. The van der Waals surface area contributed by atoms with Crippen molar-refractivity contribution in [3.05, 3.63) is 30.1 Å². The van der Waals surface area contributed by atoms with Crippen LogP contribution in [0.3, 0.4) is 0 Å². The maximum Gasteiger partial charge on any atom is 0.305 e. The van der Waals surface area contributed by atoms with E-state index in [1.807, 2.05) is 0 Å². The van der Waals surface area contributed by atoms with E-state index in [9.17, 15) is 22.4 Å². The van der Waals surface area contributed by atoms with Crippen LogP contribution in [0.5, 0.6) is 0 Å². The van der Waals surface area contributed by atoms with Gasteiger partial charge in [0.1, 0.15) is 5.82 Å². The van der Waals surface area contributed by atoms with E-state index in [1.54, 1.807) is 0 Å². The summed E-state index contributed by atoms with van der Waals surface area (Å²) in [4.78, 5) is 22.7. The highest BCUT2D eigenvalue weighted by Gasteiger charge is 2.29. The lowest BCUT2D eigenvalue weighted by molar-refractivity contribution is -0.139. The summed E-state index contributed by atoms with van der Waals surface area (Å²) in [7, 11) is -2.48. The number of sulfonamides is 1. The van der Waals surface area contributed by atoms with Crippen LogP contribution < -0.4 is 10.0 Å². The van der Waals surface area contributed by atoms with Crippen molar-refractivity contribution in [1.29, 1.82) is 0 Å². The number of carbonyl (C=O) groups is 2. The minimum Gasteiger partial charge on any atom is -0.481 e. The zero-order valence-corrected chi connectivity index (χ0v) is 14.7. The Balaban J connectivity index is 2.58. The van der Waals surface area contributed by atoms with Gasteiger partial charge in [-0.25, -0.2) is 17.5 Å². The van der Waals surface area contributed by atoms with Gasteiger partial charge in [0.2, 0.25) is 15.9 Å². The van der Waals surface area contributed by atoms with E-state index >= 15 is 0 Å². The van der Waals surface area contributed by atoms with Gasteiger partial charge in [-0.15, -0.1) is 0 Å². The Bertz CT molecular complexity index is 707. The Morgan fingerprint density at radius 2 is 1.88 bits per heavy atom. The van der Waals surface area contributed by atoms with Gasteiger partial charge in [0.15, 0.2) is 0 Å². The first-order chi connectivity index (χ1) is 11.6. The van der Waals surface area contributed by atoms with Gasteiger partial charge in [-0.2, -0.15) is 0 Å². The van der Waals surface area contributed by atoms with E-state index in [0.29, 0.717) is 0 Å². The zero-order chi connectivity index (χ0) is 19.1. The van der Waals surface area contributed by atoms with Gasteiger partial charge in [-0.05, 0) is 31.2 Å².